The van der Waals surface area contributed by atoms with E-state index in [0.717, 1.165) is 24.0 Å². The second-order valence-corrected chi connectivity index (χ2v) is 5.53. The van der Waals surface area contributed by atoms with Crippen molar-refractivity contribution in [2.75, 3.05) is 0 Å². The van der Waals surface area contributed by atoms with E-state index in [-0.39, 0.29) is 5.97 Å². The van der Waals surface area contributed by atoms with Crippen molar-refractivity contribution in [1.82, 2.24) is 0 Å². The van der Waals surface area contributed by atoms with Crippen LogP contribution in [0, 0.1) is 0 Å². The minimum absolute atomic E-state index is 0.137. The average molecular weight is 296 g/mol. The van der Waals surface area contributed by atoms with E-state index in [1.807, 2.05) is 42.5 Å². The highest BCUT2D eigenvalue weighted by Gasteiger charge is 2.06. The molecule has 0 saturated carbocycles. The molecule has 0 aliphatic heterocycles. The van der Waals surface area contributed by atoms with Crippen LogP contribution in [-0.2, 0) is 4.79 Å². The zero-order valence-electron chi connectivity index (χ0n) is 13.3. The molecular formula is C20H24O2. The van der Waals surface area contributed by atoms with Crippen molar-refractivity contribution in [1.29, 1.82) is 0 Å². The first-order valence-electron chi connectivity index (χ1n) is 8.16. The Hall–Kier alpha value is -2.09. The van der Waals surface area contributed by atoms with Gasteiger partial charge in [-0.2, -0.15) is 0 Å². The van der Waals surface area contributed by atoms with Gasteiger partial charge in [0.25, 0.3) is 0 Å². The summed E-state index contributed by atoms with van der Waals surface area (Å²) < 4.78 is 5.44. The number of benzene rings is 2. The van der Waals surface area contributed by atoms with Gasteiger partial charge in [-0.3, -0.25) is 4.79 Å². The van der Waals surface area contributed by atoms with Gasteiger partial charge in [-0.15, -0.1) is 0 Å². The van der Waals surface area contributed by atoms with Gasteiger partial charge in [0.15, 0.2) is 0 Å². The number of unbranched alkanes of at least 4 members (excludes halogenated alkanes) is 4. The van der Waals surface area contributed by atoms with Crippen molar-refractivity contribution >= 4 is 5.97 Å². The largest absolute Gasteiger partial charge is 0.427 e. The summed E-state index contributed by atoms with van der Waals surface area (Å²) in [6.07, 6.45) is 6.18. The Labute approximate surface area is 133 Å². The molecule has 2 aromatic carbocycles. The molecule has 2 nitrogen and oxygen atoms in total. The molecule has 0 aliphatic carbocycles. The third-order valence-corrected chi connectivity index (χ3v) is 3.66. The summed E-state index contributed by atoms with van der Waals surface area (Å²) in [6, 6.07) is 17.8. The van der Waals surface area contributed by atoms with E-state index in [1.54, 1.807) is 0 Å². The molecule has 0 saturated heterocycles. The van der Waals surface area contributed by atoms with Crippen LogP contribution in [0.2, 0.25) is 0 Å². The van der Waals surface area contributed by atoms with Crippen LogP contribution < -0.4 is 4.74 Å². The molecule has 0 N–H and O–H groups in total. The number of hydrogen-bond donors (Lipinski definition) is 0. The minimum atomic E-state index is -0.137. The van der Waals surface area contributed by atoms with E-state index in [1.165, 1.54) is 19.3 Å². The fourth-order valence-corrected chi connectivity index (χ4v) is 2.43. The molecule has 0 aromatic heterocycles. The van der Waals surface area contributed by atoms with Crippen molar-refractivity contribution in [3.63, 3.8) is 0 Å². The molecule has 0 unspecified atom stereocenters. The van der Waals surface area contributed by atoms with Gasteiger partial charge in [0.2, 0.25) is 0 Å². The van der Waals surface area contributed by atoms with Gasteiger partial charge in [0.05, 0.1) is 0 Å². The maximum absolute atomic E-state index is 11.9. The summed E-state index contributed by atoms with van der Waals surface area (Å²) in [5, 5.41) is 0. The number of rotatable bonds is 8. The van der Waals surface area contributed by atoms with Crippen LogP contribution in [0.25, 0.3) is 11.1 Å². The first kappa shape index (κ1) is 16.3. The third kappa shape index (κ3) is 5.36. The first-order valence-corrected chi connectivity index (χ1v) is 8.16. The SMILES string of the molecule is CCCCCCCC(=O)Oc1cccc(-c2ccccc2)c1. The molecule has 2 aromatic rings. The molecule has 0 amide bonds. The molecule has 0 radical (unpaired) electrons. The van der Waals surface area contributed by atoms with Crippen LogP contribution in [-0.4, -0.2) is 5.97 Å². The smallest absolute Gasteiger partial charge is 0.311 e. The van der Waals surface area contributed by atoms with Gasteiger partial charge in [-0.1, -0.05) is 75.1 Å². The molecule has 0 atom stereocenters. The molecule has 0 fully saturated rings. The van der Waals surface area contributed by atoms with Crippen molar-refractivity contribution < 1.29 is 9.53 Å². The van der Waals surface area contributed by atoms with Gasteiger partial charge in [-0.05, 0) is 29.7 Å². The number of hydrogen-bond acceptors (Lipinski definition) is 2. The van der Waals surface area contributed by atoms with Gasteiger partial charge in [0.1, 0.15) is 5.75 Å². The Balaban J connectivity index is 1.86. The zero-order chi connectivity index (χ0) is 15.6. The normalized spacial score (nSPS) is 10.4. The molecule has 0 heterocycles. The number of ether oxygens (including phenoxy) is 1. The monoisotopic (exact) mass is 296 g/mol. The summed E-state index contributed by atoms with van der Waals surface area (Å²) in [5.74, 6) is 0.488. The predicted octanol–water partition coefficient (Wildman–Crippen LogP) is 5.62. The Morgan fingerprint density at radius 3 is 2.36 bits per heavy atom. The fourth-order valence-electron chi connectivity index (χ4n) is 2.43. The maximum atomic E-state index is 11.9. The molecule has 22 heavy (non-hydrogen) atoms. The number of carbonyl (C=O) groups is 1. The van der Waals surface area contributed by atoms with E-state index in [2.05, 4.69) is 19.1 Å². The standard InChI is InChI=1S/C20H24O2/c1-2-3-4-5-9-15-20(21)22-19-14-10-13-18(16-19)17-11-7-6-8-12-17/h6-8,10-14,16H,2-5,9,15H2,1H3. The number of carbonyl (C=O) groups excluding carboxylic acids is 1. The van der Waals surface area contributed by atoms with E-state index < -0.39 is 0 Å². The van der Waals surface area contributed by atoms with Crippen LogP contribution in [0.4, 0.5) is 0 Å². The topological polar surface area (TPSA) is 26.3 Å². The molecule has 2 heteroatoms. The van der Waals surface area contributed by atoms with Crippen LogP contribution >= 0.6 is 0 Å². The lowest BCUT2D eigenvalue weighted by molar-refractivity contribution is -0.134. The quantitative estimate of drug-likeness (QED) is 0.359. The lowest BCUT2D eigenvalue weighted by atomic mass is 10.1. The van der Waals surface area contributed by atoms with Crippen molar-refractivity contribution in [2.24, 2.45) is 0 Å². The van der Waals surface area contributed by atoms with E-state index >= 15 is 0 Å². The molecule has 0 aliphatic rings. The Morgan fingerprint density at radius 2 is 1.59 bits per heavy atom. The Bertz CT molecular complexity index is 575. The van der Waals surface area contributed by atoms with E-state index in [0.29, 0.717) is 12.2 Å². The van der Waals surface area contributed by atoms with E-state index in [9.17, 15) is 4.79 Å². The second kappa shape index (κ2) is 9.04. The summed E-state index contributed by atoms with van der Waals surface area (Å²) in [6.45, 7) is 2.19. The lowest BCUT2D eigenvalue weighted by Gasteiger charge is -2.07. The van der Waals surface area contributed by atoms with Crippen molar-refractivity contribution in [2.45, 2.75) is 45.4 Å². The Kier molecular flexibility index (Phi) is 6.69. The highest BCUT2D eigenvalue weighted by Crippen LogP contribution is 2.24. The van der Waals surface area contributed by atoms with Crippen LogP contribution in [0.5, 0.6) is 5.75 Å². The first-order chi connectivity index (χ1) is 10.8. The fraction of sp³-hybridized carbons (Fsp3) is 0.350. The van der Waals surface area contributed by atoms with Gasteiger partial charge >= 0.3 is 5.97 Å². The zero-order valence-corrected chi connectivity index (χ0v) is 13.3. The van der Waals surface area contributed by atoms with E-state index in [4.69, 9.17) is 4.74 Å². The second-order valence-electron chi connectivity index (χ2n) is 5.53. The molecule has 0 spiro atoms. The summed E-state index contributed by atoms with van der Waals surface area (Å²) in [4.78, 5) is 11.9. The number of esters is 1. The average Bonchev–Trinajstić information content (AvgIpc) is 2.56. The van der Waals surface area contributed by atoms with Gasteiger partial charge in [0, 0.05) is 6.42 Å². The van der Waals surface area contributed by atoms with Crippen molar-refractivity contribution in [3.8, 4) is 16.9 Å². The maximum Gasteiger partial charge on any atom is 0.311 e. The molecular weight excluding hydrogens is 272 g/mol. The van der Waals surface area contributed by atoms with Crippen molar-refractivity contribution in [3.05, 3.63) is 54.6 Å². The third-order valence-electron chi connectivity index (χ3n) is 3.66. The van der Waals surface area contributed by atoms with Gasteiger partial charge in [-0.25, -0.2) is 0 Å². The molecule has 0 bridgehead atoms. The highest BCUT2D eigenvalue weighted by atomic mass is 16.5. The predicted molar refractivity (Wildman–Crippen MR) is 90.9 cm³/mol. The summed E-state index contributed by atoms with van der Waals surface area (Å²) >= 11 is 0. The summed E-state index contributed by atoms with van der Waals surface area (Å²) in [5.41, 5.74) is 2.19. The lowest BCUT2D eigenvalue weighted by Crippen LogP contribution is -2.07. The summed E-state index contributed by atoms with van der Waals surface area (Å²) in [7, 11) is 0. The minimum Gasteiger partial charge on any atom is -0.427 e. The van der Waals surface area contributed by atoms with Gasteiger partial charge < -0.3 is 4.74 Å². The van der Waals surface area contributed by atoms with Crippen LogP contribution in [0.1, 0.15) is 45.4 Å². The van der Waals surface area contributed by atoms with Crippen LogP contribution in [0.15, 0.2) is 54.6 Å². The molecule has 116 valence electrons. The Morgan fingerprint density at radius 1 is 0.864 bits per heavy atom. The molecule has 2 rings (SSSR count). The highest BCUT2D eigenvalue weighted by molar-refractivity contribution is 5.73. The van der Waals surface area contributed by atoms with Crippen LogP contribution in [0.3, 0.4) is 0 Å².